The molecular weight excluding hydrogens is 334 g/mol. The molecule has 0 aliphatic carbocycles. The highest BCUT2D eigenvalue weighted by atomic mass is 16.5. The van der Waals surface area contributed by atoms with Crippen molar-refractivity contribution in [3.05, 3.63) is 65.2 Å². The fourth-order valence-electron chi connectivity index (χ4n) is 3.12. The van der Waals surface area contributed by atoms with E-state index in [1.165, 1.54) is 61.6 Å². The second-order valence-electron chi connectivity index (χ2n) is 7.06. The summed E-state index contributed by atoms with van der Waals surface area (Å²) in [5.41, 5.74) is 3.96. The van der Waals surface area contributed by atoms with Gasteiger partial charge in [-0.15, -0.1) is 0 Å². The van der Waals surface area contributed by atoms with Crippen LogP contribution in [0.1, 0.15) is 62.1 Å². The monoisotopic (exact) mass is 367 g/mol. The smallest absolute Gasteiger partial charge is 0.157 e. The number of ether oxygens (including phenoxy) is 1. The minimum absolute atomic E-state index is 0.104. The highest BCUT2D eigenvalue weighted by molar-refractivity contribution is 5.51. The third-order valence-corrected chi connectivity index (χ3v) is 4.74. The summed E-state index contributed by atoms with van der Waals surface area (Å²) in [7, 11) is 0. The summed E-state index contributed by atoms with van der Waals surface area (Å²) in [6.45, 7) is 4.04. The molecule has 0 atom stereocenters. The van der Waals surface area contributed by atoms with Gasteiger partial charge in [-0.3, -0.25) is 4.79 Å². The molecule has 0 spiro atoms. The molecule has 0 bridgehead atoms. The zero-order chi connectivity index (χ0) is 19.2. The van der Waals surface area contributed by atoms with E-state index in [0.29, 0.717) is 0 Å². The van der Waals surface area contributed by atoms with Crippen molar-refractivity contribution in [3.63, 3.8) is 0 Å². The van der Waals surface area contributed by atoms with Crippen molar-refractivity contribution in [1.29, 1.82) is 0 Å². The predicted molar refractivity (Wildman–Crippen MR) is 112 cm³/mol. The van der Waals surface area contributed by atoms with E-state index in [2.05, 4.69) is 36.5 Å². The maximum atomic E-state index is 10.3. The Hall–Kier alpha value is -2.13. The molecule has 0 saturated carbocycles. The van der Waals surface area contributed by atoms with Crippen LogP contribution in [0.2, 0.25) is 0 Å². The average Bonchev–Trinajstić information content (AvgIpc) is 2.71. The first-order chi connectivity index (χ1) is 13.3. The molecule has 146 valence electrons. The topological polar surface area (TPSA) is 38.3 Å². The normalized spacial score (nSPS) is 10.7. The summed E-state index contributed by atoms with van der Waals surface area (Å²) < 4.78 is 5.26. The van der Waals surface area contributed by atoms with E-state index in [1.807, 2.05) is 24.3 Å². The SMILES string of the molecule is CCCCCCCCc1ccc(CNCc2ccc(OCC=O)cc2)cc1. The molecule has 0 amide bonds. The summed E-state index contributed by atoms with van der Waals surface area (Å²) in [5, 5.41) is 3.47. The fraction of sp³-hybridized carbons (Fsp3) is 0.458. The van der Waals surface area contributed by atoms with E-state index in [4.69, 9.17) is 4.74 Å². The molecule has 27 heavy (non-hydrogen) atoms. The summed E-state index contributed by atoms with van der Waals surface area (Å²) in [6.07, 6.45) is 10.1. The van der Waals surface area contributed by atoms with Crippen LogP contribution in [0.4, 0.5) is 0 Å². The van der Waals surface area contributed by atoms with Gasteiger partial charge in [-0.1, -0.05) is 75.4 Å². The number of unbranched alkanes of at least 4 members (excludes halogenated alkanes) is 5. The van der Waals surface area contributed by atoms with Gasteiger partial charge in [-0.05, 0) is 41.7 Å². The van der Waals surface area contributed by atoms with Crippen molar-refractivity contribution in [2.24, 2.45) is 0 Å². The Bertz CT molecular complexity index is 634. The van der Waals surface area contributed by atoms with Gasteiger partial charge in [0.15, 0.2) is 6.29 Å². The first-order valence-corrected chi connectivity index (χ1v) is 10.3. The number of rotatable bonds is 14. The Morgan fingerprint density at radius 3 is 1.96 bits per heavy atom. The lowest BCUT2D eigenvalue weighted by Gasteiger charge is -2.08. The van der Waals surface area contributed by atoms with E-state index in [1.54, 1.807) is 0 Å². The predicted octanol–water partition coefficient (Wildman–Crippen LogP) is 5.46. The van der Waals surface area contributed by atoms with Gasteiger partial charge in [0.05, 0.1) is 0 Å². The molecule has 2 aromatic carbocycles. The zero-order valence-electron chi connectivity index (χ0n) is 16.6. The van der Waals surface area contributed by atoms with Crippen molar-refractivity contribution < 1.29 is 9.53 Å². The van der Waals surface area contributed by atoms with Crippen molar-refractivity contribution in [2.45, 2.75) is 65.0 Å². The van der Waals surface area contributed by atoms with Gasteiger partial charge in [-0.2, -0.15) is 0 Å². The molecule has 0 heterocycles. The number of carbonyl (C=O) groups is 1. The van der Waals surface area contributed by atoms with Crippen LogP contribution in [0.15, 0.2) is 48.5 Å². The molecule has 0 aliphatic rings. The van der Waals surface area contributed by atoms with Crippen molar-refractivity contribution in [1.82, 2.24) is 5.32 Å². The Balaban J connectivity index is 1.64. The number of hydrogen-bond acceptors (Lipinski definition) is 3. The Morgan fingerprint density at radius 1 is 0.778 bits per heavy atom. The van der Waals surface area contributed by atoms with Crippen LogP contribution < -0.4 is 10.1 Å². The highest BCUT2D eigenvalue weighted by Gasteiger charge is 1.98. The minimum Gasteiger partial charge on any atom is -0.486 e. The van der Waals surface area contributed by atoms with Gasteiger partial charge in [0.25, 0.3) is 0 Å². The quantitative estimate of drug-likeness (QED) is 0.356. The van der Waals surface area contributed by atoms with Gasteiger partial charge in [-0.25, -0.2) is 0 Å². The second-order valence-corrected chi connectivity index (χ2v) is 7.06. The molecule has 0 saturated heterocycles. The van der Waals surface area contributed by atoms with E-state index in [9.17, 15) is 4.79 Å². The number of benzene rings is 2. The molecule has 0 unspecified atom stereocenters. The summed E-state index contributed by atoms with van der Waals surface area (Å²) in [4.78, 5) is 10.3. The average molecular weight is 368 g/mol. The van der Waals surface area contributed by atoms with Gasteiger partial charge in [0.2, 0.25) is 0 Å². The van der Waals surface area contributed by atoms with Gasteiger partial charge >= 0.3 is 0 Å². The van der Waals surface area contributed by atoms with Crippen LogP contribution in [0, 0.1) is 0 Å². The minimum atomic E-state index is 0.104. The molecule has 0 fully saturated rings. The summed E-state index contributed by atoms with van der Waals surface area (Å²) >= 11 is 0. The molecule has 1 N–H and O–H groups in total. The van der Waals surface area contributed by atoms with Crippen molar-refractivity contribution in [3.8, 4) is 5.75 Å². The zero-order valence-corrected chi connectivity index (χ0v) is 16.6. The van der Waals surface area contributed by atoms with E-state index < -0.39 is 0 Å². The van der Waals surface area contributed by atoms with E-state index >= 15 is 0 Å². The van der Waals surface area contributed by atoms with Crippen molar-refractivity contribution >= 4 is 6.29 Å². The number of carbonyl (C=O) groups excluding carboxylic acids is 1. The van der Waals surface area contributed by atoms with E-state index in [-0.39, 0.29) is 6.61 Å². The molecule has 3 nitrogen and oxygen atoms in total. The molecule has 2 aromatic rings. The Labute approximate surface area is 164 Å². The highest BCUT2D eigenvalue weighted by Crippen LogP contribution is 2.13. The van der Waals surface area contributed by atoms with Crippen LogP contribution in [0.5, 0.6) is 5.75 Å². The maximum absolute atomic E-state index is 10.3. The largest absolute Gasteiger partial charge is 0.486 e. The lowest BCUT2D eigenvalue weighted by Crippen LogP contribution is -2.12. The van der Waals surface area contributed by atoms with Crippen LogP contribution in [-0.2, 0) is 24.3 Å². The van der Waals surface area contributed by atoms with Crippen molar-refractivity contribution in [2.75, 3.05) is 6.61 Å². The number of aldehydes is 1. The first kappa shape index (κ1) is 21.2. The van der Waals surface area contributed by atoms with Gasteiger partial charge in [0.1, 0.15) is 12.4 Å². The Kier molecular flexibility index (Phi) is 10.3. The Morgan fingerprint density at radius 2 is 1.33 bits per heavy atom. The second kappa shape index (κ2) is 13.1. The summed E-state index contributed by atoms with van der Waals surface area (Å²) in [6, 6.07) is 16.8. The molecule has 0 aromatic heterocycles. The third kappa shape index (κ3) is 8.87. The maximum Gasteiger partial charge on any atom is 0.157 e. The molecular formula is C24H33NO2. The standard InChI is InChI=1S/C24H33NO2/c1-2-3-4-5-6-7-8-21-9-11-22(12-10-21)19-25-20-23-13-15-24(16-14-23)27-18-17-26/h9-17,25H,2-8,18-20H2,1H3. The summed E-state index contributed by atoms with van der Waals surface area (Å²) in [5.74, 6) is 0.729. The van der Waals surface area contributed by atoms with Gasteiger partial charge < -0.3 is 10.1 Å². The van der Waals surface area contributed by atoms with E-state index in [0.717, 1.165) is 25.1 Å². The molecule has 2 rings (SSSR count). The number of nitrogens with one attached hydrogen (secondary N) is 1. The lowest BCUT2D eigenvalue weighted by atomic mass is 10.0. The van der Waals surface area contributed by atoms with Gasteiger partial charge in [0, 0.05) is 13.1 Å². The van der Waals surface area contributed by atoms with Crippen LogP contribution in [0.3, 0.4) is 0 Å². The number of hydrogen-bond donors (Lipinski definition) is 1. The van der Waals surface area contributed by atoms with Crippen LogP contribution >= 0.6 is 0 Å². The molecule has 0 aliphatic heterocycles. The molecule has 0 radical (unpaired) electrons. The third-order valence-electron chi connectivity index (χ3n) is 4.74. The first-order valence-electron chi connectivity index (χ1n) is 10.3. The lowest BCUT2D eigenvalue weighted by molar-refractivity contribution is -0.109. The molecule has 3 heteroatoms. The van der Waals surface area contributed by atoms with Crippen LogP contribution in [0.25, 0.3) is 0 Å². The number of aryl methyl sites for hydroxylation is 1. The fourth-order valence-corrected chi connectivity index (χ4v) is 3.12. The van der Waals surface area contributed by atoms with Crippen LogP contribution in [-0.4, -0.2) is 12.9 Å².